The van der Waals surface area contributed by atoms with Crippen LogP contribution in [-0.2, 0) is 9.59 Å². The minimum absolute atomic E-state index is 0.181. The fourth-order valence-electron chi connectivity index (χ4n) is 3.89. The molecule has 2 N–H and O–H groups in total. The number of rotatable bonds is 8. The van der Waals surface area contributed by atoms with Gasteiger partial charge in [0.25, 0.3) is 17.7 Å². The first kappa shape index (κ1) is 24.9. The number of amides is 3. The molecule has 0 fully saturated rings. The van der Waals surface area contributed by atoms with Gasteiger partial charge in [-0.2, -0.15) is 0 Å². The van der Waals surface area contributed by atoms with E-state index in [1.807, 2.05) is 42.5 Å². The molecular formula is C30H23N3O4S. The SMILES string of the molecule is COc1ccc(N2C(=O)C(Nc3ccccc3)=C(Sc3cccc(NC(=O)c4ccccc4)c3)C2=O)cc1. The molecule has 0 saturated carbocycles. The molecule has 0 aliphatic carbocycles. The van der Waals surface area contributed by atoms with Crippen molar-refractivity contribution in [2.24, 2.45) is 0 Å². The average Bonchev–Trinajstić information content (AvgIpc) is 3.18. The molecule has 1 aliphatic heterocycles. The van der Waals surface area contributed by atoms with E-state index in [-0.39, 0.29) is 16.5 Å². The second kappa shape index (κ2) is 11.1. The molecule has 4 aromatic carbocycles. The zero-order valence-electron chi connectivity index (χ0n) is 20.4. The van der Waals surface area contributed by atoms with Crippen LogP contribution in [0.5, 0.6) is 5.75 Å². The number of ether oxygens (including phenoxy) is 1. The predicted octanol–water partition coefficient (Wildman–Crippen LogP) is 5.94. The fraction of sp³-hybridized carbons (Fsp3) is 0.0333. The molecule has 0 aromatic heterocycles. The van der Waals surface area contributed by atoms with E-state index in [1.165, 1.54) is 0 Å². The number of nitrogens with zero attached hydrogens (tertiary/aromatic N) is 1. The van der Waals surface area contributed by atoms with Crippen molar-refractivity contribution in [1.82, 2.24) is 0 Å². The van der Waals surface area contributed by atoms with Gasteiger partial charge in [-0.05, 0) is 66.7 Å². The number of imide groups is 1. The summed E-state index contributed by atoms with van der Waals surface area (Å²) in [5.41, 5.74) is 2.41. The lowest BCUT2D eigenvalue weighted by molar-refractivity contribution is -0.120. The number of nitrogens with one attached hydrogen (secondary N) is 2. The lowest BCUT2D eigenvalue weighted by Crippen LogP contribution is -2.32. The van der Waals surface area contributed by atoms with Gasteiger partial charge in [0.1, 0.15) is 16.4 Å². The largest absolute Gasteiger partial charge is 0.497 e. The summed E-state index contributed by atoms with van der Waals surface area (Å²) in [5, 5.41) is 6.02. The van der Waals surface area contributed by atoms with Crippen LogP contribution in [0.15, 0.2) is 125 Å². The van der Waals surface area contributed by atoms with E-state index in [9.17, 15) is 14.4 Å². The van der Waals surface area contributed by atoms with Gasteiger partial charge in [0, 0.05) is 21.8 Å². The van der Waals surface area contributed by atoms with Crippen LogP contribution in [0.3, 0.4) is 0 Å². The van der Waals surface area contributed by atoms with Crippen molar-refractivity contribution >= 4 is 46.5 Å². The predicted molar refractivity (Wildman–Crippen MR) is 149 cm³/mol. The van der Waals surface area contributed by atoms with Crippen LogP contribution in [0.25, 0.3) is 0 Å². The molecule has 0 unspecified atom stereocenters. The van der Waals surface area contributed by atoms with E-state index >= 15 is 0 Å². The molecule has 0 saturated heterocycles. The zero-order valence-corrected chi connectivity index (χ0v) is 21.2. The summed E-state index contributed by atoms with van der Waals surface area (Å²) in [4.78, 5) is 41.8. The standard InChI is InChI=1S/C30H23N3O4S/c1-37-24-17-15-23(16-18-24)33-29(35)26(31-21-11-6-3-7-12-21)27(30(33)36)38-25-14-8-13-22(19-25)32-28(34)20-9-4-2-5-10-20/h2-19,31H,1H3,(H,32,34). The van der Waals surface area contributed by atoms with Crippen molar-refractivity contribution in [3.8, 4) is 5.75 Å². The maximum absolute atomic E-state index is 13.6. The number of hydrogen-bond acceptors (Lipinski definition) is 6. The Morgan fingerprint density at radius 2 is 1.42 bits per heavy atom. The molecule has 0 spiro atoms. The second-order valence-electron chi connectivity index (χ2n) is 8.29. The fourth-order valence-corrected chi connectivity index (χ4v) is 4.88. The number of carbonyl (C=O) groups is 3. The highest BCUT2D eigenvalue weighted by atomic mass is 32.2. The van der Waals surface area contributed by atoms with E-state index in [4.69, 9.17) is 4.74 Å². The number of methoxy groups -OCH3 is 1. The summed E-state index contributed by atoms with van der Waals surface area (Å²) >= 11 is 1.16. The van der Waals surface area contributed by atoms with Crippen molar-refractivity contribution in [1.29, 1.82) is 0 Å². The first-order valence-electron chi connectivity index (χ1n) is 11.8. The monoisotopic (exact) mass is 521 g/mol. The number of benzene rings is 4. The molecule has 0 radical (unpaired) electrons. The van der Waals surface area contributed by atoms with Crippen molar-refractivity contribution in [2.75, 3.05) is 22.6 Å². The highest BCUT2D eigenvalue weighted by molar-refractivity contribution is 8.04. The molecule has 4 aromatic rings. The van der Waals surface area contributed by atoms with Crippen LogP contribution < -0.4 is 20.3 Å². The molecule has 8 heteroatoms. The Bertz CT molecular complexity index is 1520. The average molecular weight is 522 g/mol. The molecule has 38 heavy (non-hydrogen) atoms. The Morgan fingerprint density at radius 3 is 2.11 bits per heavy atom. The van der Waals surface area contributed by atoms with Crippen molar-refractivity contribution in [3.63, 3.8) is 0 Å². The van der Waals surface area contributed by atoms with Gasteiger partial charge in [-0.1, -0.05) is 54.2 Å². The smallest absolute Gasteiger partial charge is 0.283 e. The Hall–Kier alpha value is -4.82. The van der Waals surface area contributed by atoms with Crippen LogP contribution in [-0.4, -0.2) is 24.8 Å². The van der Waals surface area contributed by atoms with Crippen LogP contribution in [0.4, 0.5) is 17.1 Å². The number of hydrogen-bond donors (Lipinski definition) is 2. The van der Waals surface area contributed by atoms with Crippen LogP contribution in [0.2, 0.25) is 0 Å². The van der Waals surface area contributed by atoms with Crippen LogP contribution in [0.1, 0.15) is 10.4 Å². The molecule has 0 atom stereocenters. The minimum Gasteiger partial charge on any atom is -0.497 e. The lowest BCUT2D eigenvalue weighted by atomic mass is 10.2. The topological polar surface area (TPSA) is 87.7 Å². The Balaban J connectivity index is 1.45. The highest BCUT2D eigenvalue weighted by Gasteiger charge is 2.40. The summed E-state index contributed by atoms with van der Waals surface area (Å²) in [7, 11) is 1.55. The van der Waals surface area contributed by atoms with E-state index in [0.29, 0.717) is 33.3 Å². The summed E-state index contributed by atoms with van der Waals surface area (Å²) < 4.78 is 5.21. The summed E-state index contributed by atoms with van der Waals surface area (Å²) in [6, 6.07) is 32.0. The van der Waals surface area contributed by atoms with Gasteiger partial charge in [-0.15, -0.1) is 0 Å². The maximum atomic E-state index is 13.6. The van der Waals surface area contributed by atoms with Crippen LogP contribution >= 0.6 is 11.8 Å². The second-order valence-corrected chi connectivity index (χ2v) is 9.37. The molecule has 1 aliphatic rings. The van der Waals surface area contributed by atoms with Gasteiger partial charge < -0.3 is 15.4 Å². The Kier molecular flexibility index (Phi) is 7.24. The quantitative estimate of drug-likeness (QED) is 0.279. The van der Waals surface area contributed by atoms with Gasteiger partial charge in [-0.25, -0.2) is 4.90 Å². The summed E-state index contributed by atoms with van der Waals surface area (Å²) in [5.74, 6) is -0.522. The highest BCUT2D eigenvalue weighted by Crippen LogP contribution is 2.38. The van der Waals surface area contributed by atoms with E-state index < -0.39 is 11.8 Å². The summed E-state index contributed by atoms with van der Waals surface area (Å²) in [6.07, 6.45) is 0. The normalized spacial score (nSPS) is 13.0. The molecule has 188 valence electrons. The molecular weight excluding hydrogens is 498 g/mol. The number of thioether (sulfide) groups is 1. The molecule has 5 rings (SSSR count). The molecule has 0 bridgehead atoms. The van der Waals surface area contributed by atoms with Gasteiger partial charge in [-0.3, -0.25) is 14.4 Å². The maximum Gasteiger partial charge on any atom is 0.283 e. The minimum atomic E-state index is -0.458. The Morgan fingerprint density at radius 1 is 0.763 bits per heavy atom. The van der Waals surface area contributed by atoms with Crippen LogP contribution in [0, 0.1) is 0 Å². The van der Waals surface area contributed by atoms with E-state index in [2.05, 4.69) is 10.6 Å². The van der Waals surface area contributed by atoms with Gasteiger partial charge >= 0.3 is 0 Å². The summed E-state index contributed by atoms with van der Waals surface area (Å²) in [6.45, 7) is 0. The zero-order chi connectivity index (χ0) is 26.5. The third kappa shape index (κ3) is 5.30. The Labute approximate surface area is 224 Å². The van der Waals surface area contributed by atoms with Gasteiger partial charge in [0.2, 0.25) is 0 Å². The number of carbonyl (C=O) groups excluding carboxylic acids is 3. The van der Waals surface area contributed by atoms with Crippen molar-refractivity contribution in [2.45, 2.75) is 4.90 Å². The molecule has 7 nitrogen and oxygen atoms in total. The number of para-hydroxylation sites is 1. The lowest BCUT2D eigenvalue weighted by Gasteiger charge is -2.15. The third-order valence-corrected chi connectivity index (χ3v) is 6.84. The first-order valence-corrected chi connectivity index (χ1v) is 12.6. The molecule has 1 heterocycles. The van der Waals surface area contributed by atoms with Crippen molar-refractivity contribution in [3.05, 3.63) is 125 Å². The third-order valence-electron chi connectivity index (χ3n) is 5.76. The van der Waals surface area contributed by atoms with E-state index in [1.54, 1.807) is 73.8 Å². The van der Waals surface area contributed by atoms with E-state index in [0.717, 1.165) is 16.7 Å². The van der Waals surface area contributed by atoms with Gasteiger partial charge in [0.15, 0.2) is 0 Å². The molecule has 3 amide bonds. The van der Waals surface area contributed by atoms with Crippen molar-refractivity contribution < 1.29 is 19.1 Å². The first-order chi connectivity index (χ1) is 18.5. The van der Waals surface area contributed by atoms with Gasteiger partial charge in [0.05, 0.1) is 12.8 Å². The number of anilines is 3.